The van der Waals surface area contributed by atoms with Crippen molar-refractivity contribution in [1.29, 1.82) is 0 Å². The number of anilines is 1. The highest BCUT2D eigenvalue weighted by Crippen LogP contribution is 2.35. The number of thiophene rings is 1. The van der Waals surface area contributed by atoms with Crippen molar-refractivity contribution in [3.63, 3.8) is 0 Å². The first-order valence-electron chi connectivity index (χ1n) is 7.87. The summed E-state index contributed by atoms with van der Waals surface area (Å²) < 4.78 is 0. The van der Waals surface area contributed by atoms with Gasteiger partial charge in [-0.3, -0.25) is 9.69 Å². The van der Waals surface area contributed by atoms with Gasteiger partial charge in [0, 0.05) is 34.4 Å². The van der Waals surface area contributed by atoms with Gasteiger partial charge in [-0.1, -0.05) is 18.2 Å². The molecule has 0 radical (unpaired) electrons. The van der Waals surface area contributed by atoms with Gasteiger partial charge in [-0.15, -0.1) is 11.3 Å². The zero-order valence-electron chi connectivity index (χ0n) is 12.9. The van der Waals surface area contributed by atoms with Crippen LogP contribution in [0, 0.1) is 6.92 Å². The summed E-state index contributed by atoms with van der Waals surface area (Å²) in [5.74, 6) is 0.0965. The molecule has 0 bridgehead atoms. The molecule has 0 spiro atoms. The molecule has 1 fully saturated rings. The third-order valence-electron chi connectivity index (χ3n) is 4.14. The summed E-state index contributed by atoms with van der Waals surface area (Å²) >= 11 is 1.88. The van der Waals surface area contributed by atoms with Crippen LogP contribution in [0.5, 0.6) is 0 Å². The van der Waals surface area contributed by atoms with Crippen LogP contribution >= 0.6 is 11.3 Å². The Bertz CT molecular complexity index is 623. The summed E-state index contributed by atoms with van der Waals surface area (Å²) in [7, 11) is 0. The lowest BCUT2D eigenvalue weighted by atomic mass is 10.2. The predicted molar refractivity (Wildman–Crippen MR) is 92.3 cm³/mol. The van der Waals surface area contributed by atoms with Gasteiger partial charge in [-0.25, -0.2) is 0 Å². The van der Waals surface area contributed by atoms with Crippen LogP contribution < -0.4 is 5.32 Å². The second-order valence-electron chi connectivity index (χ2n) is 5.81. The number of rotatable bonds is 5. The Morgan fingerprint density at radius 2 is 2.09 bits per heavy atom. The molecule has 0 aliphatic carbocycles. The Morgan fingerprint density at radius 1 is 1.27 bits per heavy atom. The molecular weight excluding hydrogens is 292 g/mol. The van der Waals surface area contributed by atoms with Gasteiger partial charge in [-0.05, 0) is 50.6 Å². The van der Waals surface area contributed by atoms with E-state index in [2.05, 4.69) is 29.3 Å². The second kappa shape index (κ2) is 7.07. The van der Waals surface area contributed by atoms with Gasteiger partial charge < -0.3 is 5.32 Å². The predicted octanol–water partition coefficient (Wildman–Crippen LogP) is 4.22. The molecule has 1 aliphatic rings. The van der Waals surface area contributed by atoms with E-state index in [-0.39, 0.29) is 5.91 Å². The average molecular weight is 314 g/mol. The van der Waals surface area contributed by atoms with Crippen molar-refractivity contribution >= 4 is 22.9 Å². The number of aryl methyl sites for hydroxylation is 1. The Balaban J connectivity index is 1.53. The molecule has 1 atom stereocenters. The van der Waals surface area contributed by atoms with E-state index in [1.807, 2.05) is 41.7 Å². The molecule has 1 saturated heterocycles. The molecule has 0 saturated carbocycles. The number of nitrogens with zero attached hydrogens (tertiary/aromatic N) is 1. The van der Waals surface area contributed by atoms with Crippen molar-refractivity contribution in [2.45, 2.75) is 32.2 Å². The number of amides is 1. The standard InChI is InChI=1S/C18H22N2OS/c1-14-9-10-17(22-14)16-8-5-12-20(16)13-11-18(21)19-15-6-3-2-4-7-15/h2-4,6-7,9-10,16H,5,8,11-13H2,1H3,(H,19,21). The van der Waals surface area contributed by atoms with Gasteiger partial charge >= 0.3 is 0 Å². The summed E-state index contributed by atoms with van der Waals surface area (Å²) in [4.78, 5) is 17.3. The maximum atomic E-state index is 12.1. The smallest absolute Gasteiger partial charge is 0.225 e. The van der Waals surface area contributed by atoms with Crippen molar-refractivity contribution in [1.82, 2.24) is 4.90 Å². The molecule has 1 aromatic heterocycles. The molecule has 1 aliphatic heterocycles. The summed E-state index contributed by atoms with van der Waals surface area (Å²) in [5, 5.41) is 2.96. The molecular formula is C18H22N2OS. The average Bonchev–Trinajstić information content (AvgIpc) is 3.14. The van der Waals surface area contributed by atoms with Gasteiger partial charge in [0.05, 0.1) is 0 Å². The minimum atomic E-state index is 0.0965. The van der Waals surface area contributed by atoms with Crippen molar-refractivity contribution < 1.29 is 4.79 Å². The fourth-order valence-electron chi connectivity index (χ4n) is 3.04. The second-order valence-corrected chi connectivity index (χ2v) is 7.13. The third-order valence-corrected chi connectivity index (χ3v) is 5.24. The Labute approximate surface area is 136 Å². The van der Waals surface area contributed by atoms with Gasteiger partial charge in [0.2, 0.25) is 5.91 Å². The molecule has 22 heavy (non-hydrogen) atoms. The molecule has 1 amide bonds. The van der Waals surface area contributed by atoms with Crippen LogP contribution in [-0.4, -0.2) is 23.9 Å². The summed E-state index contributed by atoms with van der Waals surface area (Å²) in [5.41, 5.74) is 0.874. The Morgan fingerprint density at radius 3 is 2.82 bits per heavy atom. The minimum Gasteiger partial charge on any atom is -0.326 e. The zero-order valence-corrected chi connectivity index (χ0v) is 13.7. The maximum Gasteiger partial charge on any atom is 0.225 e. The fourth-order valence-corrected chi connectivity index (χ4v) is 4.09. The number of hydrogen-bond donors (Lipinski definition) is 1. The van der Waals surface area contributed by atoms with Crippen molar-refractivity contribution in [3.8, 4) is 0 Å². The molecule has 3 nitrogen and oxygen atoms in total. The van der Waals surface area contributed by atoms with Gasteiger partial charge in [0.15, 0.2) is 0 Å². The first-order valence-corrected chi connectivity index (χ1v) is 8.69. The summed E-state index contributed by atoms with van der Waals surface area (Å²) in [6.45, 7) is 4.08. The van der Waals surface area contributed by atoms with Crippen LogP contribution in [0.15, 0.2) is 42.5 Å². The van der Waals surface area contributed by atoms with Gasteiger partial charge in [-0.2, -0.15) is 0 Å². The Kier molecular flexibility index (Phi) is 4.90. The van der Waals surface area contributed by atoms with Gasteiger partial charge in [0.1, 0.15) is 0 Å². The van der Waals surface area contributed by atoms with E-state index in [1.54, 1.807) is 0 Å². The fraction of sp³-hybridized carbons (Fsp3) is 0.389. The molecule has 2 heterocycles. The number of nitrogens with one attached hydrogen (secondary N) is 1. The van der Waals surface area contributed by atoms with Crippen molar-refractivity contribution in [2.24, 2.45) is 0 Å². The molecule has 116 valence electrons. The van der Waals surface area contributed by atoms with Crippen molar-refractivity contribution in [3.05, 3.63) is 52.2 Å². The topological polar surface area (TPSA) is 32.3 Å². The third kappa shape index (κ3) is 3.76. The molecule has 2 aromatic rings. The van der Waals surface area contributed by atoms with Crippen LogP contribution in [0.25, 0.3) is 0 Å². The number of benzene rings is 1. The molecule has 1 aromatic carbocycles. The lowest BCUT2D eigenvalue weighted by Crippen LogP contribution is -2.27. The quantitative estimate of drug-likeness (QED) is 0.896. The van der Waals surface area contributed by atoms with Crippen molar-refractivity contribution in [2.75, 3.05) is 18.4 Å². The zero-order chi connectivity index (χ0) is 15.4. The normalized spacial score (nSPS) is 18.5. The Hall–Kier alpha value is -1.65. The maximum absolute atomic E-state index is 12.1. The molecule has 3 rings (SSSR count). The SMILES string of the molecule is Cc1ccc(C2CCCN2CCC(=O)Nc2ccccc2)s1. The lowest BCUT2D eigenvalue weighted by molar-refractivity contribution is -0.116. The van der Waals surface area contributed by atoms with Crippen LogP contribution in [0.1, 0.15) is 35.1 Å². The summed E-state index contributed by atoms with van der Waals surface area (Å²) in [6, 6.07) is 14.6. The van der Waals surface area contributed by atoms with Crippen LogP contribution in [0.3, 0.4) is 0 Å². The molecule has 4 heteroatoms. The van der Waals surface area contributed by atoms with Crippen LogP contribution in [0.4, 0.5) is 5.69 Å². The highest BCUT2D eigenvalue weighted by atomic mass is 32.1. The first-order chi connectivity index (χ1) is 10.7. The van der Waals surface area contributed by atoms with E-state index in [1.165, 1.54) is 22.6 Å². The van der Waals surface area contributed by atoms with Crippen LogP contribution in [-0.2, 0) is 4.79 Å². The summed E-state index contributed by atoms with van der Waals surface area (Å²) in [6.07, 6.45) is 2.98. The number of likely N-dealkylation sites (tertiary alicyclic amines) is 1. The number of carbonyl (C=O) groups is 1. The number of carbonyl (C=O) groups excluding carboxylic acids is 1. The largest absolute Gasteiger partial charge is 0.326 e. The van der Waals surface area contributed by atoms with E-state index >= 15 is 0 Å². The highest BCUT2D eigenvalue weighted by molar-refractivity contribution is 7.12. The number of para-hydroxylation sites is 1. The highest BCUT2D eigenvalue weighted by Gasteiger charge is 2.27. The first kappa shape index (κ1) is 15.3. The van der Waals surface area contributed by atoms with Crippen LogP contribution in [0.2, 0.25) is 0 Å². The van der Waals surface area contributed by atoms with E-state index in [9.17, 15) is 4.79 Å². The minimum absolute atomic E-state index is 0.0965. The van der Waals surface area contributed by atoms with E-state index < -0.39 is 0 Å². The molecule has 1 N–H and O–H groups in total. The van der Waals surface area contributed by atoms with Gasteiger partial charge in [0.25, 0.3) is 0 Å². The lowest BCUT2D eigenvalue weighted by Gasteiger charge is -2.23. The van der Waals surface area contributed by atoms with E-state index in [0.717, 1.165) is 18.8 Å². The van der Waals surface area contributed by atoms with E-state index in [0.29, 0.717) is 12.5 Å². The van der Waals surface area contributed by atoms with E-state index in [4.69, 9.17) is 0 Å². The monoisotopic (exact) mass is 314 g/mol. The molecule has 1 unspecified atom stereocenters. The number of hydrogen-bond acceptors (Lipinski definition) is 3.